The van der Waals surface area contributed by atoms with Gasteiger partial charge in [0.15, 0.2) is 6.10 Å². The van der Waals surface area contributed by atoms with E-state index in [1.54, 1.807) is 19.1 Å². The second-order valence-corrected chi connectivity index (χ2v) is 6.53. The Labute approximate surface area is 135 Å². The number of amides is 1. The summed E-state index contributed by atoms with van der Waals surface area (Å²) in [6.07, 6.45) is 0.477. The van der Waals surface area contributed by atoms with Crippen LogP contribution in [0.3, 0.4) is 0 Å². The first-order valence-corrected chi connectivity index (χ1v) is 7.72. The Morgan fingerprint density at radius 3 is 2.68 bits per heavy atom. The highest BCUT2D eigenvalue weighted by Crippen LogP contribution is 2.40. The molecule has 0 heterocycles. The molecule has 1 aliphatic rings. The smallest absolute Gasteiger partial charge is 0.260 e. The normalized spacial score (nSPS) is 18.4. The summed E-state index contributed by atoms with van der Waals surface area (Å²) < 4.78 is 5.62. The summed E-state index contributed by atoms with van der Waals surface area (Å²) in [6, 6.07) is 5.36. The van der Waals surface area contributed by atoms with Gasteiger partial charge in [0.1, 0.15) is 5.75 Å². The fourth-order valence-electron chi connectivity index (χ4n) is 2.66. The molecular weight excluding hydrogens is 306 g/mol. The van der Waals surface area contributed by atoms with Crippen LogP contribution in [0.1, 0.15) is 25.3 Å². The van der Waals surface area contributed by atoms with Crippen molar-refractivity contribution in [3.8, 4) is 5.75 Å². The molecule has 0 spiro atoms. The van der Waals surface area contributed by atoms with E-state index in [0.717, 1.165) is 5.56 Å². The SMILES string of the molecule is Cc1ccc(Cl)c(OC(C)C(=O)NC2CC(CO)(CO)C2)c1. The molecule has 22 heavy (non-hydrogen) atoms. The third-order valence-electron chi connectivity index (χ3n) is 4.14. The van der Waals surface area contributed by atoms with Crippen LogP contribution in [0.4, 0.5) is 0 Å². The largest absolute Gasteiger partial charge is 0.479 e. The molecule has 122 valence electrons. The van der Waals surface area contributed by atoms with Crippen molar-refractivity contribution in [3.05, 3.63) is 28.8 Å². The number of ether oxygens (including phenoxy) is 1. The van der Waals surface area contributed by atoms with Gasteiger partial charge in [-0.05, 0) is 44.4 Å². The van der Waals surface area contributed by atoms with Crippen LogP contribution in [0, 0.1) is 12.3 Å². The molecule has 0 aromatic heterocycles. The van der Waals surface area contributed by atoms with Crippen molar-refractivity contribution >= 4 is 17.5 Å². The Hall–Kier alpha value is -1.30. The fourth-order valence-corrected chi connectivity index (χ4v) is 2.82. The Morgan fingerprint density at radius 1 is 1.45 bits per heavy atom. The highest BCUT2D eigenvalue weighted by Gasteiger charge is 2.44. The van der Waals surface area contributed by atoms with Crippen LogP contribution in [-0.4, -0.2) is 41.5 Å². The number of aliphatic hydroxyl groups is 2. The predicted molar refractivity (Wildman–Crippen MR) is 84.0 cm³/mol. The summed E-state index contributed by atoms with van der Waals surface area (Å²) in [5, 5.41) is 21.8. The molecule has 1 saturated carbocycles. The van der Waals surface area contributed by atoms with E-state index in [0.29, 0.717) is 23.6 Å². The number of rotatable bonds is 6. The number of carbonyl (C=O) groups is 1. The molecule has 0 bridgehead atoms. The van der Waals surface area contributed by atoms with Crippen molar-refractivity contribution in [2.75, 3.05) is 13.2 Å². The van der Waals surface area contributed by atoms with Gasteiger partial charge in [0.25, 0.3) is 5.91 Å². The highest BCUT2D eigenvalue weighted by molar-refractivity contribution is 6.32. The molecule has 1 aromatic carbocycles. The van der Waals surface area contributed by atoms with E-state index >= 15 is 0 Å². The topological polar surface area (TPSA) is 78.8 Å². The Balaban J connectivity index is 1.87. The zero-order valence-electron chi connectivity index (χ0n) is 12.8. The molecule has 1 aliphatic carbocycles. The first kappa shape index (κ1) is 17.1. The zero-order valence-corrected chi connectivity index (χ0v) is 13.6. The quantitative estimate of drug-likeness (QED) is 0.742. The van der Waals surface area contributed by atoms with Gasteiger partial charge in [-0.1, -0.05) is 17.7 Å². The number of benzene rings is 1. The molecule has 1 aromatic rings. The molecule has 6 heteroatoms. The maximum Gasteiger partial charge on any atom is 0.260 e. The van der Waals surface area contributed by atoms with Crippen molar-refractivity contribution in [1.29, 1.82) is 0 Å². The Bertz CT molecular complexity index is 537. The van der Waals surface area contributed by atoms with E-state index in [1.165, 1.54) is 0 Å². The van der Waals surface area contributed by atoms with Crippen LogP contribution in [0.2, 0.25) is 5.02 Å². The number of nitrogens with one attached hydrogen (secondary N) is 1. The molecule has 1 amide bonds. The summed E-state index contributed by atoms with van der Waals surface area (Å²) in [7, 11) is 0. The molecule has 0 aliphatic heterocycles. The van der Waals surface area contributed by atoms with Gasteiger partial charge >= 0.3 is 0 Å². The van der Waals surface area contributed by atoms with Crippen molar-refractivity contribution < 1.29 is 19.7 Å². The van der Waals surface area contributed by atoms with Crippen molar-refractivity contribution in [2.24, 2.45) is 5.41 Å². The fraction of sp³-hybridized carbons (Fsp3) is 0.562. The van der Waals surface area contributed by atoms with E-state index < -0.39 is 11.5 Å². The van der Waals surface area contributed by atoms with E-state index in [9.17, 15) is 15.0 Å². The van der Waals surface area contributed by atoms with Crippen LogP contribution < -0.4 is 10.1 Å². The summed E-state index contributed by atoms with van der Waals surface area (Å²) in [5.74, 6) is 0.255. The minimum Gasteiger partial charge on any atom is -0.479 e. The summed E-state index contributed by atoms with van der Waals surface area (Å²) in [6.45, 7) is 3.45. The maximum absolute atomic E-state index is 12.1. The number of carbonyl (C=O) groups excluding carboxylic acids is 1. The lowest BCUT2D eigenvalue weighted by molar-refractivity contribution is -0.131. The van der Waals surface area contributed by atoms with Gasteiger partial charge in [0, 0.05) is 11.5 Å². The number of aryl methyl sites for hydroxylation is 1. The average molecular weight is 328 g/mol. The number of halogens is 1. The monoisotopic (exact) mass is 327 g/mol. The van der Waals surface area contributed by atoms with Gasteiger partial charge in [0.05, 0.1) is 18.2 Å². The molecule has 5 nitrogen and oxygen atoms in total. The standard InChI is InChI=1S/C16H22ClNO4/c1-10-3-4-13(17)14(5-10)22-11(2)15(21)18-12-6-16(7-12,8-19)9-20/h3-5,11-12,19-20H,6-9H2,1-2H3,(H,18,21). The minimum atomic E-state index is -0.669. The zero-order chi connectivity index (χ0) is 16.3. The highest BCUT2D eigenvalue weighted by atomic mass is 35.5. The lowest BCUT2D eigenvalue weighted by Gasteiger charge is -2.45. The van der Waals surface area contributed by atoms with E-state index in [-0.39, 0.29) is 25.2 Å². The second-order valence-electron chi connectivity index (χ2n) is 6.12. The van der Waals surface area contributed by atoms with Gasteiger partial charge in [-0.3, -0.25) is 4.79 Å². The summed E-state index contributed by atoms with van der Waals surface area (Å²) in [5.41, 5.74) is 0.545. The maximum atomic E-state index is 12.1. The van der Waals surface area contributed by atoms with Crippen LogP contribution in [0.5, 0.6) is 5.75 Å². The number of hydrogen-bond acceptors (Lipinski definition) is 4. The van der Waals surface area contributed by atoms with Gasteiger partial charge in [-0.25, -0.2) is 0 Å². The van der Waals surface area contributed by atoms with Gasteiger partial charge < -0.3 is 20.3 Å². The third kappa shape index (κ3) is 3.72. The Morgan fingerprint density at radius 2 is 2.09 bits per heavy atom. The number of hydrogen-bond donors (Lipinski definition) is 3. The minimum absolute atomic E-state index is 0.0363. The summed E-state index contributed by atoms with van der Waals surface area (Å²) in [4.78, 5) is 12.1. The van der Waals surface area contributed by atoms with Gasteiger partial charge in [0.2, 0.25) is 0 Å². The van der Waals surface area contributed by atoms with Gasteiger partial charge in [-0.15, -0.1) is 0 Å². The van der Waals surface area contributed by atoms with Gasteiger partial charge in [-0.2, -0.15) is 0 Å². The van der Waals surface area contributed by atoms with Crippen LogP contribution in [0.25, 0.3) is 0 Å². The van der Waals surface area contributed by atoms with E-state index in [2.05, 4.69) is 5.32 Å². The molecule has 1 unspecified atom stereocenters. The molecule has 2 rings (SSSR count). The first-order valence-electron chi connectivity index (χ1n) is 7.34. The molecule has 0 radical (unpaired) electrons. The lowest BCUT2D eigenvalue weighted by atomic mass is 9.66. The average Bonchev–Trinajstić information content (AvgIpc) is 2.46. The Kier molecular flexibility index (Phi) is 5.32. The van der Waals surface area contributed by atoms with Crippen LogP contribution >= 0.6 is 11.6 Å². The van der Waals surface area contributed by atoms with Crippen molar-refractivity contribution in [3.63, 3.8) is 0 Å². The molecule has 3 N–H and O–H groups in total. The third-order valence-corrected chi connectivity index (χ3v) is 4.45. The molecule has 1 fully saturated rings. The molecule has 0 saturated heterocycles. The summed E-state index contributed by atoms with van der Waals surface area (Å²) >= 11 is 6.05. The van der Waals surface area contributed by atoms with E-state index in [1.807, 2.05) is 13.0 Å². The van der Waals surface area contributed by atoms with Crippen LogP contribution in [-0.2, 0) is 4.79 Å². The predicted octanol–water partition coefficient (Wildman–Crippen LogP) is 1.67. The second kappa shape index (κ2) is 6.86. The first-order chi connectivity index (χ1) is 10.4. The van der Waals surface area contributed by atoms with Crippen molar-refractivity contribution in [1.82, 2.24) is 5.32 Å². The lowest BCUT2D eigenvalue weighted by Crippen LogP contribution is -2.56. The number of aliphatic hydroxyl groups excluding tert-OH is 2. The molecular formula is C16H22ClNO4. The van der Waals surface area contributed by atoms with Crippen LogP contribution in [0.15, 0.2) is 18.2 Å². The molecule has 1 atom stereocenters. The van der Waals surface area contributed by atoms with Crippen molar-refractivity contribution in [2.45, 2.75) is 38.8 Å². The van der Waals surface area contributed by atoms with E-state index in [4.69, 9.17) is 16.3 Å².